The molecule has 5 heteroatoms. The van der Waals surface area contributed by atoms with E-state index in [-0.39, 0.29) is 23.1 Å². The van der Waals surface area contributed by atoms with Gasteiger partial charge in [0, 0.05) is 17.3 Å². The van der Waals surface area contributed by atoms with Gasteiger partial charge in [0.2, 0.25) is 11.8 Å². The van der Waals surface area contributed by atoms with Gasteiger partial charge in [-0.3, -0.25) is 14.5 Å². The molecule has 1 saturated carbocycles. The molecule has 0 radical (unpaired) electrons. The van der Waals surface area contributed by atoms with Crippen molar-refractivity contribution in [3.8, 4) is 0 Å². The summed E-state index contributed by atoms with van der Waals surface area (Å²) < 4.78 is 0. The number of rotatable bonds is 4. The third kappa shape index (κ3) is 3.68. The van der Waals surface area contributed by atoms with E-state index in [9.17, 15) is 9.59 Å². The zero-order valence-electron chi connectivity index (χ0n) is 16.4. The molecule has 2 amide bonds. The van der Waals surface area contributed by atoms with Gasteiger partial charge >= 0.3 is 0 Å². The summed E-state index contributed by atoms with van der Waals surface area (Å²) in [5, 5.41) is 3.01. The zero-order valence-corrected chi connectivity index (χ0v) is 17.2. The molecule has 0 spiro atoms. The Balaban J connectivity index is 1.53. The van der Waals surface area contributed by atoms with Crippen molar-refractivity contribution in [1.29, 1.82) is 0 Å². The predicted molar refractivity (Wildman–Crippen MR) is 116 cm³/mol. The van der Waals surface area contributed by atoms with Gasteiger partial charge in [0.15, 0.2) is 0 Å². The largest absolute Gasteiger partial charge is 0.326 e. The topological polar surface area (TPSA) is 49.4 Å². The molecule has 1 N–H and O–H groups in total. The van der Waals surface area contributed by atoms with Crippen molar-refractivity contribution < 1.29 is 9.59 Å². The maximum absolute atomic E-state index is 12.6. The van der Waals surface area contributed by atoms with Crippen LogP contribution in [0.2, 0.25) is 0 Å². The Kier molecular flexibility index (Phi) is 5.44. The summed E-state index contributed by atoms with van der Waals surface area (Å²) in [6.45, 7) is 4.14. The fraction of sp³-hybridized carbons (Fsp3) is 0.391. The SMILES string of the molecule is Cc1cccc(N2C(=O)CS[C@@H]2c2ccc(NC(=O)C3CCCC3)cc2)c1C. The van der Waals surface area contributed by atoms with Crippen LogP contribution in [-0.2, 0) is 9.59 Å². The summed E-state index contributed by atoms with van der Waals surface area (Å²) >= 11 is 1.65. The molecule has 4 nitrogen and oxygen atoms in total. The zero-order chi connectivity index (χ0) is 19.7. The Morgan fingerprint density at radius 3 is 2.50 bits per heavy atom. The maximum Gasteiger partial charge on any atom is 0.238 e. The van der Waals surface area contributed by atoms with Crippen LogP contribution in [0.4, 0.5) is 11.4 Å². The normalized spacial score (nSPS) is 20.0. The minimum atomic E-state index is -0.0346. The van der Waals surface area contributed by atoms with E-state index < -0.39 is 0 Å². The molecule has 1 heterocycles. The number of amides is 2. The smallest absolute Gasteiger partial charge is 0.238 e. The molecule has 2 aromatic rings. The molecule has 0 aromatic heterocycles. The molecule has 146 valence electrons. The fourth-order valence-corrected chi connectivity index (χ4v) is 5.26. The lowest BCUT2D eigenvalue weighted by Crippen LogP contribution is -2.28. The molecule has 1 aliphatic heterocycles. The predicted octanol–water partition coefficient (Wildman–Crippen LogP) is 5.21. The summed E-state index contributed by atoms with van der Waals surface area (Å²) in [5.74, 6) is 0.913. The highest BCUT2D eigenvalue weighted by Gasteiger charge is 2.35. The van der Waals surface area contributed by atoms with Crippen LogP contribution in [-0.4, -0.2) is 17.6 Å². The lowest BCUT2D eigenvalue weighted by atomic mass is 10.1. The van der Waals surface area contributed by atoms with Crippen LogP contribution < -0.4 is 10.2 Å². The first-order valence-electron chi connectivity index (χ1n) is 9.95. The van der Waals surface area contributed by atoms with Gasteiger partial charge in [0.05, 0.1) is 5.75 Å². The van der Waals surface area contributed by atoms with Gasteiger partial charge in [-0.15, -0.1) is 11.8 Å². The Labute approximate surface area is 170 Å². The van der Waals surface area contributed by atoms with Gasteiger partial charge in [-0.25, -0.2) is 0 Å². The van der Waals surface area contributed by atoms with E-state index >= 15 is 0 Å². The second kappa shape index (κ2) is 8.00. The average Bonchev–Trinajstić information content (AvgIpc) is 3.35. The number of nitrogens with one attached hydrogen (secondary N) is 1. The van der Waals surface area contributed by atoms with E-state index in [4.69, 9.17) is 0 Å². The van der Waals surface area contributed by atoms with Crippen LogP contribution in [0.25, 0.3) is 0 Å². The Bertz CT molecular complexity index is 888. The second-order valence-electron chi connectivity index (χ2n) is 7.74. The quantitative estimate of drug-likeness (QED) is 0.774. The molecule has 1 atom stereocenters. The van der Waals surface area contributed by atoms with Crippen molar-refractivity contribution in [3.63, 3.8) is 0 Å². The number of carbonyl (C=O) groups excluding carboxylic acids is 2. The highest BCUT2D eigenvalue weighted by molar-refractivity contribution is 8.00. The van der Waals surface area contributed by atoms with E-state index in [0.29, 0.717) is 5.75 Å². The van der Waals surface area contributed by atoms with Crippen LogP contribution in [0.5, 0.6) is 0 Å². The van der Waals surface area contributed by atoms with Crippen molar-refractivity contribution in [3.05, 3.63) is 59.2 Å². The Morgan fingerprint density at radius 2 is 1.79 bits per heavy atom. The second-order valence-corrected chi connectivity index (χ2v) is 8.81. The first-order valence-corrected chi connectivity index (χ1v) is 11.0. The van der Waals surface area contributed by atoms with Crippen LogP contribution in [0, 0.1) is 19.8 Å². The maximum atomic E-state index is 12.6. The van der Waals surface area contributed by atoms with Gasteiger partial charge in [0.25, 0.3) is 0 Å². The van der Waals surface area contributed by atoms with E-state index in [1.807, 2.05) is 41.3 Å². The van der Waals surface area contributed by atoms with Crippen molar-refractivity contribution >= 4 is 35.0 Å². The van der Waals surface area contributed by atoms with Crippen LogP contribution in [0.15, 0.2) is 42.5 Å². The summed E-state index contributed by atoms with van der Waals surface area (Å²) in [6, 6.07) is 14.1. The van der Waals surface area contributed by atoms with E-state index in [1.165, 1.54) is 5.56 Å². The highest BCUT2D eigenvalue weighted by atomic mass is 32.2. The molecule has 2 aromatic carbocycles. The number of hydrogen-bond acceptors (Lipinski definition) is 3. The third-order valence-corrected chi connectivity index (χ3v) is 7.11. The van der Waals surface area contributed by atoms with Crippen molar-refractivity contribution in [2.75, 3.05) is 16.0 Å². The average molecular weight is 395 g/mol. The number of hydrogen-bond donors (Lipinski definition) is 1. The molecule has 1 saturated heterocycles. The molecule has 4 rings (SSSR count). The lowest BCUT2D eigenvalue weighted by molar-refractivity contribution is -0.119. The first kappa shape index (κ1) is 19.1. The van der Waals surface area contributed by atoms with E-state index in [0.717, 1.165) is 48.2 Å². The number of benzene rings is 2. The van der Waals surface area contributed by atoms with Crippen LogP contribution in [0.1, 0.15) is 47.7 Å². The number of carbonyl (C=O) groups is 2. The van der Waals surface area contributed by atoms with Crippen molar-refractivity contribution in [2.45, 2.75) is 44.9 Å². The number of aryl methyl sites for hydroxylation is 1. The molecular formula is C23H26N2O2S. The minimum absolute atomic E-state index is 0.0346. The molecule has 1 aliphatic carbocycles. The van der Waals surface area contributed by atoms with Crippen molar-refractivity contribution in [1.82, 2.24) is 0 Å². The summed E-state index contributed by atoms with van der Waals surface area (Å²) in [5.41, 5.74) is 5.22. The minimum Gasteiger partial charge on any atom is -0.326 e. The lowest BCUT2D eigenvalue weighted by Gasteiger charge is -2.26. The monoisotopic (exact) mass is 394 g/mol. The summed E-state index contributed by atoms with van der Waals surface area (Å²) in [7, 11) is 0. The van der Waals surface area contributed by atoms with Crippen LogP contribution in [0.3, 0.4) is 0 Å². The molecule has 2 fully saturated rings. The third-order valence-electron chi connectivity index (χ3n) is 5.89. The number of anilines is 2. The molecule has 28 heavy (non-hydrogen) atoms. The van der Waals surface area contributed by atoms with E-state index in [1.54, 1.807) is 11.8 Å². The van der Waals surface area contributed by atoms with Gasteiger partial charge in [-0.1, -0.05) is 37.1 Å². The molecule has 0 unspecified atom stereocenters. The van der Waals surface area contributed by atoms with Gasteiger partial charge in [-0.2, -0.15) is 0 Å². The first-order chi connectivity index (χ1) is 13.5. The molecule has 2 aliphatic rings. The molecule has 0 bridgehead atoms. The highest BCUT2D eigenvalue weighted by Crippen LogP contribution is 2.43. The van der Waals surface area contributed by atoms with Gasteiger partial charge in [0.1, 0.15) is 5.37 Å². The molecular weight excluding hydrogens is 368 g/mol. The Morgan fingerprint density at radius 1 is 1.07 bits per heavy atom. The van der Waals surface area contributed by atoms with Gasteiger partial charge in [-0.05, 0) is 61.6 Å². The van der Waals surface area contributed by atoms with Crippen LogP contribution >= 0.6 is 11.8 Å². The van der Waals surface area contributed by atoms with E-state index in [2.05, 4.69) is 25.2 Å². The number of thioether (sulfide) groups is 1. The van der Waals surface area contributed by atoms with Gasteiger partial charge < -0.3 is 5.32 Å². The number of nitrogens with zero attached hydrogens (tertiary/aromatic N) is 1. The fourth-order valence-electron chi connectivity index (χ4n) is 4.09. The Hall–Kier alpha value is -2.27. The van der Waals surface area contributed by atoms with Crippen molar-refractivity contribution in [2.24, 2.45) is 5.92 Å². The summed E-state index contributed by atoms with van der Waals surface area (Å²) in [6.07, 6.45) is 4.29. The summed E-state index contributed by atoms with van der Waals surface area (Å²) in [4.78, 5) is 26.9. The standard InChI is InChI=1S/C23H26N2O2S/c1-15-6-5-9-20(16(15)2)25-21(26)14-28-23(25)18-10-12-19(13-11-18)24-22(27)17-7-3-4-8-17/h5-6,9-13,17,23H,3-4,7-8,14H2,1-2H3,(H,24,27)/t23-/m1/s1.